The van der Waals surface area contributed by atoms with Crippen LogP contribution in [0.2, 0.25) is 0 Å². The summed E-state index contributed by atoms with van der Waals surface area (Å²) >= 11 is 0. The number of benzene rings is 1. The normalized spacial score (nSPS) is 28.0. The maximum Gasteiger partial charge on any atom is 0.0497 e. The number of hydrogen-bond acceptors (Lipinski definition) is 3. The Morgan fingerprint density at radius 1 is 1.16 bits per heavy atom. The first-order chi connectivity index (χ1) is 9.25. The number of nitrogens with zero attached hydrogens (tertiary/aromatic N) is 2. The number of piperazine rings is 1. The predicted octanol–water partition coefficient (Wildman–Crippen LogP) is 1.85. The van der Waals surface area contributed by atoms with Crippen LogP contribution < -0.4 is 5.73 Å². The molecule has 19 heavy (non-hydrogen) atoms. The second kappa shape index (κ2) is 5.61. The molecule has 0 radical (unpaired) electrons. The highest BCUT2D eigenvalue weighted by molar-refractivity contribution is 5.21. The van der Waals surface area contributed by atoms with Crippen molar-refractivity contribution in [2.75, 3.05) is 26.2 Å². The van der Waals surface area contributed by atoms with Crippen molar-refractivity contribution in [1.29, 1.82) is 0 Å². The molecule has 0 spiro atoms. The summed E-state index contributed by atoms with van der Waals surface area (Å²) in [6.07, 6.45) is 2.73. The van der Waals surface area contributed by atoms with Crippen molar-refractivity contribution in [2.45, 2.75) is 37.9 Å². The van der Waals surface area contributed by atoms with E-state index < -0.39 is 0 Å². The first kappa shape index (κ1) is 13.1. The van der Waals surface area contributed by atoms with Gasteiger partial charge in [0.1, 0.15) is 0 Å². The van der Waals surface area contributed by atoms with Crippen molar-refractivity contribution in [3.05, 3.63) is 35.9 Å². The van der Waals surface area contributed by atoms with Crippen LogP contribution in [0.15, 0.2) is 30.3 Å². The first-order valence-electron chi connectivity index (χ1n) is 7.54. The summed E-state index contributed by atoms with van der Waals surface area (Å²) in [5, 5.41) is 0. The van der Waals surface area contributed by atoms with Gasteiger partial charge < -0.3 is 5.73 Å². The lowest BCUT2D eigenvalue weighted by molar-refractivity contribution is 0.0635. The molecule has 2 aliphatic rings. The Kier molecular flexibility index (Phi) is 3.87. The molecule has 104 valence electrons. The van der Waals surface area contributed by atoms with Crippen LogP contribution in [0.1, 0.15) is 31.4 Å². The smallest absolute Gasteiger partial charge is 0.0497 e. The zero-order chi connectivity index (χ0) is 13.2. The van der Waals surface area contributed by atoms with Crippen LogP contribution in [-0.2, 0) is 0 Å². The van der Waals surface area contributed by atoms with Crippen molar-refractivity contribution in [3.63, 3.8) is 0 Å². The van der Waals surface area contributed by atoms with Crippen molar-refractivity contribution in [3.8, 4) is 0 Å². The summed E-state index contributed by atoms with van der Waals surface area (Å²) in [6.45, 7) is 6.98. The molecule has 0 bridgehead atoms. The van der Waals surface area contributed by atoms with Crippen molar-refractivity contribution in [1.82, 2.24) is 9.80 Å². The van der Waals surface area contributed by atoms with Crippen LogP contribution in [0.5, 0.6) is 0 Å². The molecule has 3 nitrogen and oxygen atoms in total. The minimum atomic E-state index is 0.176. The fraction of sp³-hybridized carbons (Fsp3) is 0.625. The molecular weight excluding hydrogens is 234 g/mol. The summed E-state index contributed by atoms with van der Waals surface area (Å²) in [6, 6.07) is 12.1. The zero-order valence-electron chi connectivity index (χ0n) is 11.8. The number of rotatable bonds is 3. The second-order valence-corrected chi connectivity index (χ2v) is 6.04. The van der Waals surface area contributed by atoms with Crippen LogP contribution in [0.4, 0.5) is 0 Å². The van der Waals surface area contributed by atoms with Gasteiger partial charge in [0.15, 0.2) is 0 Å². The minimum Gasteiger partial charge on any atom is -0.326 e. The predicted molar refractivity (Wildman–Crippen MR) is 79.0 cm³/mol. The summed E-state index contributed by atoms with van der Waals surface area (Å²) in [5.74, 6) is 0. The molecule has 0 saturated carbocycles. The Bertz CT molecular complexity index is 404. The summed E-state index contributed by atoms with van der Waals surface area (Å²) < 4.78 is 0. The topological polar surface area (TPSA) is 32.5 Å². The van der Waals surface area contributed by atoms with Gasteiger partial charge >= 0.3 is 0 Å². The van der Waals surface area contributed by atoms with E-state index in [4.69, 9.17) is 5.73 Å². The van der Waals surface area contributed by atoms with Gasteiger partial charge in [-0.3, -0.25) is 9.80 Å². The second-order valence-electron chi connectivity index (χ2n) is 6.04. The molecule has 0 amide bonds. The van der Waals surface area contributed by atoms with E-state index in [1.54, 1.807) is 0 Å². The monoisotopic (exact) mass is 259 g/mol. The first-order valence-corrected chi connectivity index (χ1v) is 7.54. The third kappa shape index (κ3) is 2.69. The van der Waals surface area contributed by atoms with E-state index in [0.717, 1.165) is 12.6 Å². The van der Waals surface area contributed by atoms with E-state index in [-0.39, 0.29) is 6.04 Å². The van der Waals surface area contributed by atoms with Crippen LogP contribution >= 0.6 is 0 Å². The molecule has 2 aliphatic heterocycles. The highest BCUT2D eigenvalue weighted by Crippen LogP contribution is 2.29. The Balaban J connectivity index is 1.77. The largest absolute Gasteiger partial charge is 0.326 e. The van der Waals surface area contributed by atoms with Gasteiger partial charge in [-0.15, -0.1) is 0 Å². The zero-order valence-corrected chi connectivity index (χ0v) is 11.8. The third-order valence-corrected chi connectivity index (χ3v) is 4.65. The molecule has 2 saturated heterocycles. The molecule has 3 atom stereocenters. The van der Waals surface area contributed by atoms with Gasteiger partial charge in [0.2, 0.25) is 0 Å². The lowest BCUT2D eigenvalue weighted by atomic mass is 9.97. The lowest BCUT2D eigenvalue weighted by Gasteiger charge is -2.43. The van der Waals surface area contributed by atoms with E-state index in [2.05, 4.69) is 47.1 Å². The average Bonchev–Trinajstić information content (AvgIpc) is 2.87. The maximum absolute atomic E-state index is 6.28. The van der Waals surface area contributed by atoms with Gasteiger partial charge in [-0.1, -0.05) is 30.3 Å². The fourth-order valence-corrected chi connectivity index (χ4v) is 3.76. The van der Waals surface area contributed by atoms with E-state index in [1.165, 1.54) is 38.0 Å². The molecule has 1 aromatic rings. The van der Waals surface area contributed by atoms with Crippen molar-refractivity contribution >= 4 is 0 Å². The highest BCUT2D eigenvalue weighted by atomic mass is 15.3. The van der Waals surface area contributed by atoms with Gasteiger partial charge in [0.25, 0.3) is 0 Å². The Morgan fingerprint density at radius 2 is 1.95 bits per heavy atom. The van der Waals surface area contributed by atoms with E-state index in [1.807, 2.05) is 0 Å². The molecule has 2 N–H and O–H groups in total. The average molecular weight is 259 g/mol. The molecule has 2 fully saturated rings. The van der Waals surface area contributed by atoms with E-state index in [0.29, 0.717) is 6.04 Å². The highest BCUT2D eigenvalue weighted by Gasteiger charge is 2.34. The van der Waals surface area contributed by atoms with Gasteiger partial charge in [-0.25, -0.2) is 0 Å². The molecule has 3 heteroatoms. The molecular formula is C16H25N3. The van der Waals surface area contributed by atoms with Gasteiger partial charge in [-0.05, 0) is 31.9 Å². The molecule has 3 unspecified atom stereocenters. The standard InChI is InChI=1S/C16H25N3/c1-13(17)16(14-6-3-2-4-7-14)19-11-10-18-9-5-8-15(18)12-19/h2-4,6-7,13,15-16H,5,8-12,17H2,1H3. The SMILES string of the molecule is CC(N)C(c1ccccc1)N1CCN2CCCC2C1. The van der Waals surface area contributed by atoms with Crippen LogP contribution in [0.25, 0.3) is 0 Å². The number of fused-ring (bicyclic) bond motifs is 1. The van der Waals surface area contributed by atoms with E-state index >= 15 is 0 Å². The molecule has 0 aliphatic carbocycles. The van der Waals surface area contributed by atoms with Gasteiger partial charge in [0.05, 0.1) is 0 Å². The third-order valence-electron chi connectivity index (χ3n) is 4.65. The minimum absolute atomic E-state index is 0.176. The van der Waals surface area contributed by atoms with Gasteiger partial charge in [0, 0.05) is 37.8 Å². The summed E-state index contributed by atoms with van der Waals surface area (Å²) in [7, 11) is 0. The molecule has 2 heterocycles. The number of nitrogens with two attached hydrogens (primary N) is 1. The van der Waals surface area contributed by atoms with E-state index in [9.17, 15) is 0 Å². The lowest BCUT2D eigenvalue weighted by Crippen LogP contribution is -2.53. The summed E-state index contributed by atoms with van der Waals surface area (Å²) in [5.41, 5.74) is 7.65. The molecule has 1 aromatic carbocycles. The van der Waals surface area contributed by atoms with Crippen molar-refractivity contribution in [2.24, 2.45) is 5.73 Å². The molecule has 3 rings (SSSR count). The van der Waals surface area contributed by atoms with Crippen LogP contribution in [-0.4, -0.2) is 48.1 Å². The Hall–Kier alpha value is -0.900. The van der Waals surface area contributed by atoms with Gasteiger partial charge in [-0.2, -0.15) is 0 Å². The number of hydrogen-bond donors (Lipinski definition) is 1. The van der Waals surface area contributed by atoms with Crippen LogP contribution in [0.3, 0.4) is 0 Å². The van der Waals surface area contributed by atoms with Crippen molar-refractivity contribution < 1.29 is 0 Å². The fourth-order valence-electron chi connectivity index (χ4n) is 3.76. The Labute approximate surface area is 116 Å². The molecule has 0 aromatic heterocycles. The maximum atomic E-state index is 6.28. The quantitative estimate of drug-likeness (QED) is 0.899. The Morgan fingerprint density at radius 3 is 2.68 bits per heavy atom. The van der Waals surface area contributed by atoms with Crippen LogP contribution in [0, 0.1) is 0 Å². The summed E-state index contributed by atoms with van der Waals surface area (Å²) in [4.78, 5) is 5.26.